The largest absolute Gasteiger partial charge is 0.445 e. The van der Waals surface area contributed by atoms with E-state index in [1.54, 1.807) is 0 Å². The molecule has 4 heterocycles. The maximum absolute atomic E-state index is 5.89. The Balaban J connectivity index is 1.85. The molecule has 0 saturated carbocycles. The van der Waals surface area contributed by atoms with Gasteiger partial charge in [-0.25, -0.2) is 14.5 Å². The fourth-order valence-electron chi connectivity index (χ4n) is 3.52. The number of hydrogen-bond donors (Lipinski definition) is 0. The molecule has 1 atom stereocenters. The summed E-state index contributed by atoms with van der Waals surface area (Å²) in [7, 11) is 0. The zero-order chi connectivity index (χ0) is 15.8. The third-order valence-electron chi connectivity index (χ3n) is 4.71. The first-order valence-electron chi connectivity index (χ1n) is 8.39. The first-order chi connectivity index (χ1) is 11.3. The van der Waals surface area contributed by atoms with Gasteiger partial charge in [-0.15, -0.1) is 0 Å². The lowest BCUT2D eigenvalue weighted by molar-refractivity contribution is 0.213. The molecule has 3 aromatic rings. The van der Waals surface area contributed by atoms with Gasteiger partial charge in [-0.1, -0.05) is 6.92 Å². The number of likely N-dealkylation sites (N-methyl/N-ethyl adjacent to an activating group) is 1. The normalized spacial score (nSPS) is 19.5. The smallest absolute Gasteiger partial charge is 0.206 e. The number of nitrogens with zero attached hydrogens (tertiary/aromatic N) is 4. The highest BCUT2D eigenvalue weighted by Gasteiger charge is 2.27. The highest BCUT2D eigenvalue weighted by molar-refractivity contribution is 5.73. The molecule has 3 aromatic heterocycles. The molecular formula is C18H22N4O. The van der Waals surface area contributed by atoms with Crippen LogP contribution in [0.4, 0.5) is 0 Å². The topological polar surface area (TPSA) is 47.1 Å². The summed E-state index contributed by atoms with van der Waals surface area (Å²) in [6.07, 6.45) is 4.20. The number of aromatic nitrogens is 3. The molecule has 0 radical (unpaired) electrons. The summed E-state index contributed by atoms with van der Waals surface area (Å²) in [6, 6.07) is 7.97. The lowest BCUT2D eigenvalue weighted by Gasteiger charge is -2.31. The zero-order valence-electron chi connectivity index (χ0n) is 13.7. The minimum Gasteiger partial charge on any atom is -0.445 e. The van der Waals surface area contributed by atoms with Crippen molar-refractivity contribution >= 4 is 11.2 Å². The number of piperidine rings is 1. The van der Waals surface area contributed by atoms with E-state index in [2.05, 4.69) is 21.4 Å². The Morgan fingerprint density at radius 1 is 1.30 bits per heavy atom. The lowest BCUT2D eigenvalue weighted by Crippen LogP contribution is -2.35. The van der Waals surface area contributed by atoms with E-state index in [9.17, 15) is 0 Å². The van der Waals surface area contributed by atoms with E-state index in [1.165, 1.54) is 19.4 Å². The molecule has 120 valence electrons. The van der Waals surface area contributed by atoms with Crippen molar-refractivity contribution in [3.05, 3.63) is 42.0 Å². The Bertz CT molecular complexity index is 819. The average Bonchev–Trinajstić information content (AvgIpc) is 3.18. The number of hydrogen-bond acceptors (Lipinski definition) is 4. The minimum atomic E-state index is 0.420. The van der Waals surface area contributed by atoms with E-state index in [0.717, 1.165) is 41.7 Å². The van der Waals surface area contributed by atoms with Gasteiger partial charge in [0, 0.05) is 24.7 Å². The highest BCUT2D eigenvalue weighted by atomic mass is 16.4. The van der Waals surface area contributed by atoms with Crippen LogP contribution in [0.2, 0.25) is 0 Å². The molecule has 1 aliphatic rings. The Kier molecular flexibility index (Phi) is 3.65. The van der Waals surface area contributed by atoms with E-state index in [0.29, 0.717) is 5.92 Å². The van der Waals surface area contributed by atoms with Crippen molar-refractivity contribution < 1.29 is 4.42 Å². The predicted octanol–water partition coefficient (Wildman–Crippen LogP) is 3.52. The van der Waals surface area contributed by atoms with Gasteiger partial charge in [-0.05, 0) is 51.1 Å². The number of likely N-dealkylation sites (tertiary alicyclic amines) is 1. The number of rotatable bonds is 3. The van der Waals surface area contributed by atoms with Crippen molar-refractivity contribution in [1.29, 1.82) is 0 Å². The first kappa shape index (κ1) is 14.5. The molecule has 1 saturated heterocycles. The molecular weight excluding hydrogens is 288 g/mol. The lowest BCUT2D eigenvalue weighted by atomic mass is 9.97. The fourth-order valence-corrected chi connectivity index (χ4v) is 3.52. The van der Waals surface area contributed by atoms with Crippen molar-refractivity contribution in [3.63, 3.8) is 0 Å². The van der Waals surface area contributed by atoms with Gasteiger partial charge in [0.05, 0.1) is 0 Å². The van der Waals surface area contributed by atoms with E-state index in [-0.39, 0.29) is 0 Å². The molecule has 0 N–H and O–H groups in total. The van der Waals surface area contributed by atoms with Gasteiger partial charge < -0.3 is 9.32 Å². The van der Waals surface area contributed by atoms with Gasteiger partial charge in [0.25, 0.3) is 0 Å². The molecule has 0 spiro atoms. The van der Waals surface area contributed by atoms with Crippen LogP contribution >= 0.6 is 0 Å². The molecule has 4 rings (SSSR count). The summed E-state index contributed by atoms with van der Waals surface area (Å²) < 4.78 is 7.99. The number of aryl methyl sites for hydroxylation is 1. The summed E-state index contributed by atoms with van der Waals surface area (Å²) >= 11 is 0. The van der Waals surface area contributed by atoms with Crippen molar-refractivity contribution in [2.45, 2.75) is 32.6 Å². The standard InChI is InChI=1S/C18H22N4O/c1-3-21-11-5-6-14(12-21)17-20-15-7-4-10-19-18(15)22(17)16-9-8-13(2)23-16/h4,7-10,14H,3,5-6,11-12H2,1-2H3. The highest BCUT2D eigenvalue weighted by Crippen LogP contribution is 2.31. The molecule has 5 heteroatoms. The second-order valence-electron chi connectivity index (χ2n) is 6.27. The number of furan rings is 1. The van der Waals surface area contributed by atoms with Gasteiger partial charge in [0.2, 0.25) is 5.88 Å². The Hall–Kier alpha value is -2.14. The van der Waals surface area contributed by atoms with E-state index < -0.39 is 0 Å². The first-order valence-corrected chi connectivity index (χ1v) is 8.39. The van der Waals surface area contributed by atoms with Crippen molar-refractivity contribution in [1.82, 2.24) is 19.4 Å². The molecule has 0 aliphatic carbocycles. The molecule has 0 aromatic carbocycles. The fraction of sp³-hybridized carbons (Fsp3) is 0.444. The molecule has 5 nitrogen and oxygen atoms in total. The van der Waals surface area contributed by atoms with Crippen molar-refractivity contribution in [2.24, 2.45) is 0 Å². The Morgan fingerprint density at radius 3 is 3.00 bits per heavy atom. The Morgan fingerprint density at radius 2 is 2.22 bits per heavy atom. The van der Waals surface area contributed by atoms with Gasteiger partial charge >= 0.3 is 0 Å². The third-order valence-corrected chi connectivity index (χ3v) is 4.71. The zero-order valence-corrected chi connectivity index (χ0v) is 13.7. The molecule has 0 amide bonds. The monoisotopic (exact) mass is 310 g/mol. The number of pyridine rings is 1. The summed E-state index contributed by atoms with van der Waals surface area (Å²) in [5.41, 5.74) is 1.82. The number of imidazole rings is 1. The summed E-state index contributed by atoms with van der Waals surface area (Å²) in [6.45, 7) is 7.53. The maximum Gasteiger partial charge on any atom is 0.206 e. The van der Waals surface area contributed by atoms with Gasteiger partial charge in [-0.2, -0.15) is 0 Å². The van der Waals surface area contributed by atoms with Crippen LogP contribution in [0.25, 0.3) is 17.0 Å². The molecule has 1 aliphatic heterocycles. The third kappa shape index (κ3) is 2.55. The van der Waals surface area contributed by atoms with Crippen LogP contribution in [-0.2, 0) is 0 Å². The van der Waals surface area contributed by atoms with Crippen LogP contribution in [0.3, 0.4) is 0 Å². The SMILES string of the molecule is CCN1CCCC(c2nc3cccnc3n2-c2ccc(C)o2)C1. The van der Waals surface area contributed by atoms with Gasteiger partial charge in [0.1, 0.15) is 17.1 Å². The van der Waals surface area contributed by atoms with Crippen LogP contribution in [0.15, 0.2) is 34.9 Å². The van der Waals surface area contributed by atoms with Gasteiger partial charge in [0.15, 0.2) is 5.65 Å². The predicted molar refractivity (Wildman–Crippen MR) is 90.0 cm³/mol. The second kappa shape index (κ2) is 5.81. The van der Waals surface area contributed by atoms with E-state index >= 15 is 0 Å². The van der Waals surface area contributed by atoms with Gasteiger partial charge in [-0.3, -0.25) is 0 Å². The molecule has 23 heavy (non-hydrogen) atoms. The van der Waals surface area contributed by atoms with Crippen LogP contribution in [0.1, 0.15) is 37.3 Å². The van der Waals surface area contributed by atoms with E-state index in [4.69, 9.17) is 9.40 Å². The maximum atomic E-state index is 5.89. The summed E-state index contributed by atoms with van der Waals surface area (Å²) in [5, 5.41) is 0. The van der Waals surface area contributed by atoms with Crippen molar-refractivity contribution in [3.8, 4) is 5.88 Å². The average molecular weight is 310 g/mol. The second-order valence-corrected chi connectivity index (χ2v) is 6.27. The quantitative estimate of drug-likeness (QED) is 0.742. The Labute approximate surface area is 135 Å². The molecule has 1 fully saturated rings. The van der Waals surface area contributed by atoms with Crippen LogP contribution in [0.5, 0.6) is 0 Å². The van der Waals surface area contributed by atoms with E-state index in [1.807, 2.05) is 37.4 Å². The van der Waals surface area contributed by atoms with Crippen LogP contribution < -0.4 is 0 Å². The van der Waals surface area contributed by atoms with Crippen LogP contribution in [0, 0.1) is 6.92 Å². The minimum absolute atomic E-state index is 0.420. The molecule has 0 bridgehead atoms. The summed E-state index contributed by atoms with van der Waals surface area (Å²) in [4.78, 5) is 12.0. The van der Waals surface area contributed by atoms with Crippen molar-refractivity contribution in [2.75, 3.05) is 19.6 Å². The molecule has 1 unspecified atom stereocenters. The summed E-state index contributed by atoms with van der Waals surface area (Å²) in [5.74, 6) is 3.21. The number of fused-ring (bicyclic) bond motifs is 1. The van der Waals surface area contributed by atoms with Crippen LogP contribution in [-0.4, -0.2) is 39.1 Å².